The van der Waals surface area contributed by atoms with Gasteiger partial charge in [0.1, 0.15) is 0 Å². The van der Waals surface area contributed by atoms with Gasteiger partial charge in [0.2, 0.25) is 5.82 Å². The molecule has 0 radical (unpaired) electrons. The first kappa shape index (κ1) is 19.5. The lowest BCUT2D eigenvalue weighted by Crippen LogP contribution is -2.38. The number of halogens is 1. The van der Waals surface area contributed by atoms with E-state index in [9.17, 15) is 4.79 Å². The van der Waals surface area contributed by atoms with E-state index in [0.29, 0.717) is 18.3 Å². The van der Waals surface area contributed by atoms with Crippen LogP contribution in [0.25, 0.3) is 16.4 Å². The van der Waals surface area contributed by atoms with E-state index < -0.39 is 0 Å². The molecule has 0 saturated carbocycles. The third-order valence-electron chi connectivity index (χ3n) is 4.50. The van der Waals surface area contributed by atoms with Gasteiger partial charge in [-0.2, -0.15) is 0 Å². The van der Waals surface area contributed by atoms with Crippen molar-refractivity contribution in [3.8, 4) is 16.4 Å². The Morgan fingerprint density at radius 3 is 2.81 bits per heavy atom. The van der Waals surface area contributed by atoms with Gasteiger partial charge < -0.3 is 10.6 Å². The quantitative estimate of drug-likeness (QED) is 0.686. The number of carbonyl (C=O) groups is 1. The van der Waals surface area contributed by atoms with Crippen molar-refractivity contribution in [2.45, 2.75) is 12.8 Å². The second-order valence-electron chi connectivity index (χ2n) is 6.41. The highest BCUT2D eigenvalue weighted by atomic mass is 35.5. The summed E-state index contributed by atoms with van der Waals surface area (Å²) in [5, 5.41) is 12.8. The van der Waals surface area contributed by atoms with Crippen LogP contribution in [0.15, 0.2) is 47.8 Å². The highest BCUT2D eigenvalue weighted by Gasteiger charge is 2.20. The first-order valence-electron chi connectivity index (χ1n) is 8.86. The number of nitrogens with one attached hydrogen (secondary N) is 2. The summed E-state index contributed by atoms with van der Waals surface area (Å²) in [7, 11) is 0. The Hall–Kier alpha value is -2.22. The molecule has 0 spiro atoms. The number of para-hydroxylation sites is 1. The van der Waals surface area contributed by atoms with E-state index in [1.165, 1.54) is 0 Å². The molecule has 1 aliphatic rings. The van der Waals surface area contributed by atoms with Gasteiger partial charge in [0, 0.05) is 6.54 Å². The first-order valence-corrected chi connectivity index (χ1v) is 9.74. The summed E-state index contributed by atoms with van der Waals surface area (Å²) in [6, 6.07) is 13.7. The van der Waals surface area contributed by atoms with Gasteiger partial charge >= 0.3 is 0 Å². The van der Waals surface area contributed by atoms with Crippen molar-refractivity contribution in [2.75, 3.05) is 19.6 Å². The van der Waals surface area contributed by atoms with Crippen molar-refractivity contribution in [3.05, 3.63) is 53.7 Å². The molecule has 8 heteroatoms. The summed E-state index contributed by atoms with van der Waals surface area (Å²) in [6.07, 6.45) is 2.30. The standard InChI is InChI=1S/C19H21N5OS.ClH/c25-19(21-13-14-6-4-10-20-12-14)17-22-18(16-9-5-11-26-16)24(23-17)15-7-2-1-3-8-15;/h1-3,5,7-9,11,14,20H,4,6,10,12-13H2,(H,21,25);1H. The molecule has 2 aromatic heterocycles. The highest BCUT2D eigenvalue weighted by molar-refractivity contribution is 7.13. The molecule has 1 atom stereocenters. The zero-order valence-electron chi connectivity index (χ0n) is 14.8. The molecular formula is C19H22ClN5OS. The van der Waals surface area contributed by atoms with Crippen LogP contribution in [-0.4, -0.2) is 40.3 Å². The Morgan fingerprint density at radius 2 is 2.11 bits per heavy atom. The third kappa shape index (κ3) is 4.55. The predicted octanol–water partition coefficient (Wildman–Crippen LogP) is 3.15. The van der Waals surface area contributed by atoms with Gasteiger partial charge in [-0.3, -0.25) is 4.79 Å². The summed E-state index contributed by atoms with van der Waals surface area (Å²) in [4.78, 5) is 18.1. The molecule has 6 nitrogen and oxygen atoms in total. The number of aromatic nitrogens is 3. The van der Waals surface area contributed by atoms with E-state index in [0.717, 1.165) is 36.5 Å². The maximum absolute atomic E-state index is 12.6. The third-order valence-corrected chi connectivity index (χ3v) is 5.37. The molecule has 0 aliphatic carbocycles. The van der Waals surface area contributed by atoms with Crippen LogP contribution < -0.4 is 10.6 Å². The lowest BCUT2D eigenvalue weighted by Gasteiger charge is -2.22. The fourth-order valence-electron chi connectivity index (χ4n) is 3.14. The van der Waals surface area contributed by atoms with E-state index in [1.807, 2.05) is 47.8 Å². The maximum atomic E-state index is 12.6. The maximum Gasteiger partial charge on any atom is 0.291 e. The Kier molecular flexibility index (Phi) is 6.60. The minimum Gasteiger partial charge on any atom is -0.349 e. The molecule has 1 amide bonds. The number of hydrogen-bond acceptors (Lipinski definition) is 5. The molecule has 1 saturated heterocycles. The van der Waals surface area contributed by atoms with Crippen LogP contribution >= 0.6 is 23.7 Å². The van der Waals surface area contributed by atoms with Gasteiger partial charge in [0.15, 0.2) is 5.82 Å². The average Bonchev–Trinajstić information content (AvgIpc) is 3.37. The van der Waals surface area contributed by atoms with Crippen molar-refractivity contribution in [1.82, 2.24) is 25.4 Å². The van der Waals surface area contributed by atoms with Crippen molar-refractivity contribution in [2.24, 2.45) is 5.92 Å². The number of thiophene rings is 1. The van der Waals surface area contributed by atoms with Gasteiger partial charge in [-0.1, -0.05) is 24.3 Å². The molecule has 142 valence electrons. The van der Waals surface area contributed by atoms with Gasteiger partial charge in [-0.25, -0.2) is 9.67 Å². The Balaban J connectivity index is 0.00000210. The Labute approximate surface area is 168 Å². The van der Waals surface area contributed by atoms with Crippen LogP contribution in [0.5, 0.6) is 0 Å². The molecule has 4 rings (SSSR count). The van der Waals surface area contributed by atoms with Crippen LogP contribution in [0.2, 0.25) is 0 Å². The zero-order chi connectivity index (χ0) is 17.8. The van der Waals surface area contributed by atoms with E-state index in [1.54, 1.807) is 16.0 Å². The van der Waals surface area contributed by atoms with Crippen LogP contribution in [0.3, 0.4) is 0 Å². The van der Waals surface area contributed by atoms with Crippen LogP contribution in [0.1, 0.15) is 23.5 Å². The number of hydrogen-bond donors (Lipinski definition) is 2. The summed E-state index contributed by atoms with van der Waals surface area (Å²) < 4.78 is 1.74. The van der Waals surface area contributed by atoms with E-state index in [4.69, 9.17) is 0 Å². The predicted molar refractivity (Wildman–Crippen MR) is 110 cm³/mol. The molecular weight excluding hydrogens is 382 g/mol. The number of nitrogens with zero attached hydrogens (tertiary/aromatic N) is 3. The fraction of sp³-hybridized carbons (Fsp3) is 0.316. The Morgan fingerprint density at radius 1 is 1.26 bits per heavy atom. The Bertz CT molecular complexity index is 860. The molecule has 1 unspecified atom stereocenters. The average molecular weight is 404 g/mol. The molecule has 2 N–H and O–H groups in total. The molecule has 1 fully saturated rings. The summed E-state index contributed by atoms with van der Waals surface area (Å²) in [6.45, 7) is 2.67. The van der Waals surface area contributed by atoms with Crippen molar-refractivity contribution < 1.29 is 4.79 Å². The van der Waals surface area contributed by atoms with Gasteiger partial charge in [0.25, 0.3) is 5.91 Å². The second-order valence-corrected chi connectivity index (χ2v) is 7.35. The SMILES string of the molecule is Cl.O=C(NCC1CCCNC1)c1nc(-c2cccs2)n(-c2ccccc2)n1. The minimum atomic E-state index is -0.219. The highest BCUT2D eigenvalue weighted by Crippen LogP contribution is 2.25. The fourth-order valence-corrected chi connectivity index (χ4v) is 3.84. The van der Waals surface area contributed by atoms with Gasteiger partial charge in [-0.05, 0) is 55.4 Å². The number of amides is 1. The van der Waals surface area contributed by atoms with Crippen LogP contribution in [-0.2, 0) is 0 Å². The van der Waals surface area contributed by atoms with E-state index in [2.05, 4.69) is 20.7 Å². The first-order chi connectivity index (χ1) is 12.8. The normalized spacial score (nSPS) is 16.5. The second kappa shape index (κ2) is 9.12. The summed E-state index contributed by atoms with van der Waals surface area (Å²) in [5.74, 6) is 1.15. The number of piperidine rings is 1. The van der Waals surface area contributed by atoms with Crippen molar-refractivity contribution in [3.63, 3.8) is 0 Å². The molecule has 3 aromatic rings. The topological polar surface area (TPSA) is 71.8 Å². The number of benzene rings is 1. The summed E-state index contributed by atoms with van der Waals surface area (Å²) >= 11 is 1.58. The van der Waals surface area contributed by atoms with Gasteiger partial charge in [-0.15, -0.1) is 28.8 Å². The van der Waals surface area contributed by atoms with E-state index in [-0.39, 0.29) is 24.1 Å². The number of carbonyl (C=O) groups excluding carboxylic acids is 1. The van der Waals surface area contributed by atoms with Crippen LogP contribution in [0.4, 0.5) is 0 Å². The zero-order valence-corrected chi connectivity index (χ0v) is 16.4. The monoisotopic (exact) mass is 403 g/mol. The van der Waals surface area contributed by atoms with Crippen LogP contribution in [0, 0.1) is 5.92 Å². The smallest absolute Gasteiger partial charge is 0.291 e. The molecule has 1 aliphatic heterocycles. The molecule has 1 aromatic carbocycles. The molecule has 0 bridgehead atoms. The number of rotatable bonds is 5. The largest absolute Gasteiger partial charge is 0.349 e. The lowest BCUT2D eigenvalue weighted by atomic mass is 10.00. The van der Waals surface area contributed by atoms with Crippen molar-refractivity contribution in [1.29, 1.82) is 0 Å². The van der Waals surface area contributed by atoms with E-state index >= 15 is 0 Å². The van der Waals surface area contributed by atoms with Gasteiger partial charge in [0.05, 0.1) is 10.6 Å². The summed E-state index contributed by atoms with van der Waals surface area (Å²) in [5.41, 5.74) is 0.888. The minimum absolute atomic E-state index is 0. The van der Waals surface area contributed by atoms with Crippen molar-refractivity contribution >= 4 is 29.7 Å². The lowest BCUT2D eigenvalue weighted by molar-refractivity contribution is 0.0934. The molecule has 3 heterocycles. The molecule has 27 heavy (non-hydrogen) atoms.